The molecule has 0 aromatic carbocycles. The maximum Gasteiger partial charge on any atom is 0.116 e. The summed E-state index contributed by atoms with van der Waals surface area (Å²) in [7, 11) is 0. The molecule has 3 nitrogen and oxygen atoms in total. The molecule has 3 heteroatoms. The Morgan fingerprint density at radius 3 is 2.60 bits per heavy atom. The van der Waals surface area contributed by atoms with Crippen molar-refractivity contribution in [2.45, 2.75) is 32.7 Å². The van der Waals surface area contributed by atoms with E-state index in [1.165, 1.54) is 0 Å². The minimum Gasteiger partial charge on any atom is -0.323 e. The number of fused-ring (bicyclic) bond motifs is 1. The summed E-state index contributed by atoms with van der Waals surface area (Å²) in [5, 5.41) is 0. The van der Waals surface area contributed by atoms with Crippen LogP contribution in [-0.2, 0) is 0 Å². The van der Waals surface area contributed by atoms with Crippen molar-refractivity contribution in [3.8, 4) is 0 Å². The summed E-state index contributed by atoms with van der Waals surface area (Å²) in [6, 6.07) is 6.09. The Balaban J connectivity index is 2.73. The number of aromatic nitrogens is 2. The van der Waals surface area contributed by atoms with Crippen molar-refractivity contribution in [1.29, 1.82) is 0 Å². The molecule has 0 saturated heterocycles. The minimum atomic E-state index is -0.0186. The van der Waals surface area contributed by atoms with E-state index in [1.807, 2.05) is 25.3 Å². The molecule has 2 aromatic heterocycles. The van der Waals surface area contributed by atoms with E-state index in [9.17, 15) is 0 Å². The predicted octanol–water partition coefficient (Wildman–Crippen LogP) is 2.48. The number of nitrogens with zero attached hydrogens (tertiary/aromatic N) is 2. The molecule has 2 rings (SSSR count). The van der Waals surface area contributed by atoms with Crippen molar-refractivity contribution in [2.75, 3.05) is 0 Å². The molecule has 15 heavy (non-hydrogen) atoms. The molecule has 0 aliphatic rings. The van der Waals surface area contributed by atoms with Crippen molar-refractivity contribution < 1.29 is 0 Å². The first kappa shape index (κ1) is 10.2. The van der Waals surface area contributed by atoms with Gasteiger partial charge in [-0.1, -0.05) is 19.9 Å². The number of hydrogen-bond donors (Lipinski definition) is 1. The van der Waals surface area contributed by atoms with Gasteiger partial charge >= 0.3 is 0 Å². The summed E-state index contributed by atoms with van der Waals surface area (Å²) in [5.74, 6) is 1.49. The zero-order valence-corrected chi connectivity index (χ0v) is 9.44. The monoisotopic (exact) mass is 203 g/mol. The van der Waals surface area contributed by atoms with E-state index in [0.29, 0.717) is 5.92 Å². The van der Waals surface area contributed by atoms with Crippen LogP contribution in [0, 0.1) is 0 Å². The summed E-state index contributed by atoms with van der Waals surface area (Å²) in [6.07, 6.45) is 2.05. The van der Waals surface area contributed by atoms with Crippen LogP contribution in [0.4, 0.5) is 0 Å². The van der Waals surface area contributed by atoms with Gasteiger partial charge in [-0.2, -0.15) is 0 Å². The molecule has 0 aliphatic heterocycles. The topological polar surface area (TPSA) is 43.3 Å². The predicted molar refractivity (Wildman–Crippen MR) is 61.9 cm³/mol. The number of rotatable bonds is 2. The molecule has 2 N–H and O–H groups in total. The Morgan fingerprint density at radius 1 is 1.27 bits per heavy atom. The van der Waals surface area contributed by atoms with Gasteiger partial charge in [-0.3, -0.25) is 0 Å². The second-order valence-electron chi connectivity index (χ2n) is 4.25. The number of hydrogen-bond acceptors (Lipinski definition) is 2. The average molecular weight is 203 g/mol. The fourth-order valence-corrected chi connectivity index (χ4v) is 1.83. The first-order chi connectivity index (χ1) is 7.11. The zero-order chi connectivity index (χ0) is 11.0. The van der Waals surface area contributed by atoms with Crippen LogP contribution in [0.25, 0.3) is 5.52 Å². The lowest BCUT2D eigenvalue weighted by Gasteiger charge is -2.02. The van der Waals surface area contributed by atoms with Crippen LogP contribution in [-0.4, -0.2) is 9.38 Å². The molecule has 2 aromatic rings. The Bertz CT molecular complexity index is 427. The number of nitrogens with two attached hydrogens (primary N) is 1. The highest BCUT2D eigenvalue weighted by Gasteiger charge is 2.14. The second-order valence-corrected chi connectivity index (χ2v) is 4.25. The molecule has 0 aliphatic carbocycles. The van der Waals surface area contributed by atoms with Gasteiger partial charge in [-0.25, -0.2) is 4.98 Å². The average Bonchev–Trinajstić information content (AvgIpc) is 2.56. The molecule has 0 fully saturated rings. The maximum absolute atomic E-state index is 5.92. The minimum absolute atomic E-state index is 0.0186. The molecule has 0 amide bonds. The van der Waals surface area contributed by atoms with E-state index >= 15 is 0 Å². The Morgan fingerprint density at radius 2 is 2.00 bits per heavy atom. The smallest absolute Gasteiger partial charge is 0.116 e. The van der Waals surface area contributed by atoms with Crippen LogP contribution in [0.2, 0.25) is 0 Å². The standard InChI is InChI=1S/C12H17N3/c1-8(2)12-14-11(9(3)13)10-6-4-5-7-15(10)12/h4-9H,13H2,1-3H3. The summed E-state index contributed by atoms with van der Waals surface area (Å²) in [6.45, 7) is 6.26. The molecular weight excluding hydrogens is 186 g/mol. The zero-order valence-electron chi connectivity index (χ0n) is 9.44. The van der Waals surface area contributed by atoms with Gasteiger partial charge in [0.05, 0.1) is 11.2 Å². The molecule has 80 valence electrons. The molecule has 0 radical (unpaired) electrons. The molecule has 0 spiro atoms. The van der Waals surface area contributed by atoms with Crippen LogP contribution in [0.5, 0.6) is 0 Å². The van der Waals surface area contributed by atoms with E-state index in [2.05, 4.69) is 29.3 Å². The third kappa shape index (κ3) is 1.63. The first-order valence-corrected chi connectivity index (χ1v) is 5.33. The molecule has 0 bridgehead atoms. The quantitative estimate of drug-likeness (QED) is 0.814. The first-order valence-electron chi connectivity index (χ1n) is 5.33. The van der Waals surface area contributed by atoms with Crippen molar-refractivity contribution in [3.05, 3.63) is 35.9 Å². The Hall–Kier alpha value is -1.35. The summed E-state index contributed by atoms with van der Waals surface area (Å²) in [5.41, 5.74) is 8.02. The fraction of sp³-hybridized carbons (Fsp3) is 0.417. The highest BCUT2D eigenvalue weighted by Crippen LogP contribution is 2.22. The van der Waals surface area contributed by atoms with Gasteiger partial charge in [0.15, 0.2) is 0 Å². The van der Waals surface area contributed by atoms with Crippen LogP contribution in [0.15, 0.2) is 24.4 Å². The summed E-state index contributed by atoms with van der Waals surface area (Å²) >= 11 is 0. The molecular formula is C12H17N3. The molecule has 2 heterocycles. The van der Waals surface area contributed by atoms with Gasteiger partial charge in [-0.05, 0) is 19.1 Å². The highest BCUT2D eigenvalue weighted by molar-refractivity contribution is 5.54. The molecule has 1 atom stereocenters. The molecule has 0 saturated carbocycles. The van der Waals surface area contributed by atoms with E-state index in [1.54, 1.807) is 0 Å². The second kappa shape index (κ2) is 3.66. The van der Waals surface area contributed by atoms with Gasteiger partial charge in [0.25, 0.3) is 0 Å². The fourth-order valence-electron chi connectivity index (χ4n) is 1.83. The largest absolute Gasteiger partial charge is 0.323 e. The highest BCUT2D eigenvalue weighted by atomic mass is 15.0. The van der Waals surface area contributed by atoms with Crippen molar-refractivity contribution >= 4 is 5.52 Å². The van der Waals surface area contributed by atoms with E-state index in [-0.39, 0.29) is 6.04 Å². The number of imidazole rings is 1. The Labute approximate surface area is 89.9 Å². The van der Waals surface area contributed by atoms with Gasteiger partial charge in [0, 0.05) is 18.2 Å². The third-order valence-corrected chi connectivity index (χ3v) is 2.55. The normalized spacial score (nSPS) is 13.7. The SMILES string of the molecule is CC(C)c1nc(C(C)N)c2ccccn12. The van der Waals surface area contributed by atoms with Crippen molar-refractivity contribution in [3.63, 3.8) is 0 Å². The van der Waals surface area contributed by atoms with Crippen molar-refractivity contribution in [2.24, 2.45) is 5.73 Å². The van der Waals surface area contributed by atoms with Crippen LogP contribution in [0.3, 0.4) is 0 Å². The molecule has 1 unspecified atom stereocenters. The summed E-state index contributed by atoms with van der Waals surface area (Å²) < 4.78 is 2.13. The van der Waals surface area contributed by atoms with Gasteiger partial charge < -0.3 is 10.1 Å². The Kier molecular flexibility index (Phi) is 2.49. The summed E-state index contributed by atoms with van der Waals surface area (Å²) in [4.78, 5) is 4.63. The van der Waals surface area contributed by atoms with Crippen molar-refractivity contribution in [1.82, 2.24) is 9.38 Å². The van der Waals surface area contributed by atoms with Gasteiger partial charge in [0.2, 0.25) is 0 Å². The van der Waals surface area contributed by atoms with Crippen LogP contribution < -0.4 is 5.73 Å². The van der Waals surface area contributed by atoms with Crippen LogP contribution >= 0.6 is 0 Å². The lowest BCUT2D eigenvalue weighted by Crippen LogP contribution is -2.05. The third-order valence-electron chi connectivity index (χ3n) is 2.55. The number of pyridine rings is 1. The van der Waals surface area contributed by atoms with Crippen LogP contribution in [0.1, 0.15) is 44.2 Å². The van der Waals surface area contributed by atoms with Gasteiger partial charge in [-0.15, -0.1) is 0 Å². The maximum atomic E-state index is 5.92. The van der Waals surface area contributed by atoms with Gasteiger partial charge in [0.1, 0.15) is 5.82 Å². The lowest BCUT2D eigenvalue weighted by molar-refractivity contribution is 0.745. The lowest BCUT2D eigenvalue weighted by atomic mass is 10.2. The van der Waals surface area contributed by atoms with E-state index < -0.39 is 0 Å². The van der Waals surface area contributed by atoms with E-state index in [0.717, 1.165) is 17.0 Å². The van der Waals surface area contributed by atoms with E-state index in [4.69, 9.17) is 5.73 Å².